The van der Waals surface area contributed by atoms with E-state index in [1.807, 2.05) is 29.2 Å². The van der Waals surface area contributed by atoms with Gasteiger partial charge in [0.15, 0.2) is 0 Å². The number of carbonyl (C=O) groups is 1. The molecule has 0 aliphatic carbocycles. The Labute approximate surface area is 159 Å². The summed E-state index contributed by atoms with van der Waals surface area (Å²) in [6.07, 6.45) is 5.40. The number of aromatic nitrogens is 2. The Morgan fingerprint density at radius 1 is 1.15 bits per heavy atom. The van der Waals surface area contributed by atoms with Crippen LogP contribution in [0.4, 0.5) is 0 Å². The molecule has 2 aliphatic heterocycles. The zero-order chi connectivity index (χ0) is 19.0. The number of benzene rings is 1. The highest BCUT2D eigenvalue weighted by Gasteiger charge is 2.38. The van der Waals surface area contributed by atoms with Crippen LogP contribution in [0.3, 0.4) is 0 Å². The number of hydrogen-bond donors (Lipinski definition) is 1. The summed E-state index contributed by atoms with van der Waals surface area (Å²) >= 11 is 0. The minimum Gasteiger partial charge on any atom is -0.342 e. The number of fused-ring (bicyclic) bond motifs is 1. The number of imidazole rings is 1. The average Bonchev–Trinajstić information content (AvgIpc) is 3.11. The molecule has 0 bridgehead atoms. The Hall–Kier alpha value is -1.93. The molecule has 0 radical (unpaired) electrons. The fourth-order valence-electron chi connectivity index (χ4n) is 4.33. The fraction of sp³-hybridized carbons (Fsp3) is 0.579. The van der Waals surface area contributed by atoms with Gasteiger partial charge in [-0.25, -0.2) is 13.4 Å². The number of piperidine rings is 2. The van der Waals surface area contributed by atoms with Crippen molar-refractivity contribution in [2.75, 3.05) is 25.9 Å². The highest BCUT2D eigenvalue weighted by atomic mass is 32.2. The summed E-state index contributed by atoms with van der Waals surface area (Å²) in [5.41, 5.74) is 1.94. The Morgan fingerprint density at radius 2 is 1.96 bits per heavy atom. The molecule has 1 amide bonds. The highest BCUT2D eigenvalue weighted by molar-refractivity contribution is 7.88. The molecule has 27 heavy (non-hydrogen) atoms. The summed E-state index contributed by atoms with van der Waals surface area (Å²) in [6, 6.07) is 7.37. The van der Waals surface area contributed by atoms with Gasteiger partial charge in [0.25, 0.3) is 0 Å². The molecule has 2 saturated heterocycles. The van der Waals surface area contributed by atoms with Crippen molar-refractivity contribution in [2.24, 2.45) is 0 Å². The molecule has 0 spiro atoms. The normalized spacial score (nSPS) is 25.0. The van der Waals surface area contributed by atoms with Crippen molar-refractivity contribution in [3.05, 3.63) is 30.1 Å². The highest BCUT2D eigenvalue weighted by Crippen LogP contribution is 2.29. The lowest BCUT2D eigenvalue weighted by atomic mass is 9.95. The van der Waals surface area contributed by atoms with Gasteiger partial charge >= 0.3 is 0 Å². The van der Waals surface area contributed by atoms with E-state index < -0.39 is 16.1 Å². The second-order valence-corrected chi connectivity index (χ2v) is 9.58. The van der Waals surface area contributed by atoms with Crippen molar-refractivity contribution in [2.45, 2.75) is 44.1 Å². The van der Waals surface area contributed by atoms with Gasteiger partial charge in [0.05, 0.1) is 17.3 Å². The van der Waals surface area contributed by atoms with E-state index in [1.54, 1.807) is 0 Å². The van der Waals surface area contributed by atoms with Crippen LogP contribution in [0.25, 0.3) is 11.0 Å². The van der Waals surface area contributed by atoms with Crippen LogP contribution in [-0.2, 0) is 14.8 Å². The Kier molecular flexibility index (Phi) is 4.94. The molecule has 2 atom stereocenters. The van der Waals surface area contributed by atoms with Gasteiger partial charge < -0.3 is 9.88 Å². The molecule has 8 heteroatoms. The van der Waals surface area contributed by atoms with E-state index in [2.05, 4.69) is 4.98 Å². The van der Waals surface area contributed by atoms with Crippen LogP contribution in [-0.4, -0.2) is 65.4 Å². The molecule has 2 aliphatic rings. The molecule has 1 aromatic carbocycles. The minimum atomic E-state index is -3.37. The molecule has 1 N–H and O–H groups in total. The number of H-pyrrole nitrogens is 1. The van der Waals surface area contributed by atoms with Crippen molar-refractivity contribution in [3.8, 4) is 0 Å². The molecular weight excluding hydrogens is 364 g/mol. The first-order valence-electron chi connectivity index (χ1n) is 9.64. The topological polar surface area (TPSA) is 86.4 Å². The number of para-hydroxylation sites is 2. The van der Waals surface area contributed by atoms with Crippen LogP contribution in [0.1, 0.15) is 43.8 Å². The van der Waals surface area contributed by atoms with Gasteiger partial charge in [0.1, 0.15) is 11.9 Å². The maximum Gasteiger partial charge on any atom is 0.241 e. The Balaban J connectivity index is 1.52. The second kappa shape index (κ2) is 7.24. The quantitative estimate of drug-likeness (QED) is 0.869. The predicted octanol–water partition coefficient (Wildman–Crippen LogP) is 2.08. The first-order chi connectivity index (χ1) is 12.9. The third-order valence-electron chi connectivity index (χ3n) is 5.69. The summed E-state index contributed by atoms with van der Waals surface area (Å²) in [7, 11) is -3.37. The van der Waals surface area contributed by atoms with Crippen LogP contribution >= 0.6 is 0 Å². The van der Waals surface area contributed by atoms with Crippen LogP contribution in [0.15, 0.2) is 24.3 Å². The number of amides is 1. The van der Waals surface area contributed by atoms with Gasteiger partial charge in [-0.3, -0.25) is 4.79 Å². The van der Waals surface area contributed by atoms with E-state index in [4.69, 9.17) is 4.98 Å². The molecule has 2 unspecified atom stereocenters. The molecule has 3 heterocycles. The van der Waals surface area contributed by atoms with Crippen molar-refractivity contribution in [1.82, 2.24) is 19.2 Å². The summed E-state index contributed by atoms with van der Waals surface area (Å²) in [4.78, 5) is 23.1. The molecule has 2 aromatic rings. The van der Waals surface area contributed by atoms with Gasteiger partial charge in [-0.15, -0.1) is 0 Å². The van der Waals surface area contributed by atoms with Crippen molar-refractivity contribution >= 4 is 27.0 Å². The summed E-state index contributed by atoms with van der Waals surface area (Å²) in [5, 5.41) is 0. The zero-order valence-corrected chi connectivity index (χ0v) is 16.4. The number of likely N-dealkylation sites (tertiary alicyclic amines) is 1. The first-order valence-corrected chi connectivity index (χ1v) is 11.5. The van der Waals surface area contributed by atoms with Crippen LogP contribution < -0.4 is 0 Å². The molecule has 0 saturated carbocycles. The van der Waals surface area contributed by atoms with E-state index >= 15 is 0 Å². The van der Waals surface area contributed by atoms with E-state index in [9.17, 15) is 13.2 Å². The van der Waals surface area contributed by atoms with Crippen molar-refractivity contribution in [1.29, 1.82) is 0 Å². The molecule has 146 valence electrons. The minimum absolute atomic E-state index is 0.0547. The number of nitrogens with one attached hydrogen (secondary N) is 1. The number of carbonyl (C=O) groups excluding carboxylic acids is 1. The summed E-state index contributed by atoms with van der Waals surface area (Å²) in [6.45, 7) is 1.71. The molecule has 7 nitrogen and oxygen atoms in total. The summed E-state index contributed by atoms with van der Waals surface area (Å²) in [5.74, 6) is 1.02. The molecule has 4 rings (SSSR count). The largest absolute Gasteiger partial charge is 0.342 e. The average molecular weight is 391 g/mol. The van der Waals surface area contributed by atoms with Crippen LogP contribution in [0, 0.1) is 0 Å². The van der Waals surface area contributed by atoms with Gasteiger partial charge in [-0.1, -0.05) is 18.6 Å². The molecule has 1 aromatic heterocycles. The van der Waals surface area contributed by atoms with Gasteiger partial charge in [0.2, 0.25) is 15.9 Å². The number of nitrogens with zero attached hydrogens (tertiary/aromatic N) is 3. The zero-order valence-electron chi connectivity index (χ0n) is 15.6. The third kappa shape index (κ3) is 3.73. The third-order valence-corrected chi connectivity index (χ3v) is 6.98. The first kappa shape index (κ1) is 18.4. The maximum atomic E-state index is 13.1. The number of hydrogen-bond acceptors (Lipinski definition) is 4. The maximum absolute atomic E-state index is 13.1. The predicted molar refractivity (Wildman–Crippen MR) is 104 cm³/mol. The number of aromatic amines is 1. The van der Waals surface area contributed by atoms with E-state index in [0.29, 0.717) is 26.1 Å². The lowest BCUT2D eigenvalue weighted by Crippen LogP contribution is -2.54. The van der Waals surface area contributed by atoms with Gasteiger partial charge in [-0.2, -0.15) is 4.31 Å². The SMILES string of the molecule is CS(=O)(=O)N1CCCCC1C(=O)N1CCCC(c2nc3ccccc3[nH]2)C1. The van der Waals surface area contributed by atoms with Gasteiger partial charge in [0, 0.05) is 25.6 Å². The van der Waals surface area contributed by atoms with E-state index in [0.717, 1.165) is 42.5 Å². The molecular formula is C19H26N4O3S. The number of rotatable bonds is 3. The molecule has 2 fully saturated rings. The lowest BCUT2D eigenvalue weighted by Gasteiger charge is -2.39. The van der Waals surface area contributed by atoms with Crippen molar-refractivity contribution < 1.29 is 13.2 Å². The van der Waals surface area contributed by atoms with Crippen molar-refractivity contribution in [3.63, 3.8) is 0 Å². The van der Waals surface area contributed by atoms with Crippen LogP contribution in [0.2, 0.25) is 0 Å². The van der Waals surface area contributed by atoms with Gasteiger partial charge in [-0.05, 0) is 37.8 Å². The lowest BCUT2D eigenvalue weighted by molar-refractivity contribution is -0.137. The smallest absolute Gasteiger partial charge is 0.241 e. The Morgan fingerprint density at radius 3 is 2.74 bits per heavy atom. The second-order valence-electron chi connectivity index (χ2n) is 7.65. The fourth-order valence-corrected chi connectivity index (χ4v) is 5.44. The number of sulfonamides is 1. The van der Waals surface area contributed by atoms with Crippen LogP contribution in [0.5, 0.6) is 0 Å². The standard InChI is InChI=1S/C19H26N4O3S/c1-27(25,26)23-12-5-4-10-17(23)19(24)22-11-6-7-14(13-22)18-20-15-8-2-3-9-16(15)21-18/h2-3,8-9,14,17H,4-7,10-13H2,1H3,(H,20,21). The monoisotopic (exact) mass is 390 g/mol. The van der Waals surface area contributed by atoms with E-state index in [-0.39, 0.29) is 11.8 Å². The van der Waals surface area contributed by atoms with E-state index in [1.165, 1.54) is 10.6 Å². The summed E-state index contributed by atoms with van der Waals surface area (Å²) < 4.78 is 25.6. The Bertz CT molecular complexity index is 906.